The molecule has 0 amide bonds. The molecule has 2 aromatic carbocycles. The van der Waals surface area contributed by atoms with Crippen LogP contribution in [-0.4, -0.2) is 65.6 Å². The van der Waals surface area contributed by atoms with Crippen molar-refractivity contribution in [2.45, 2.75) is 76.7 Å². The van der Waals surface area contributed by atoms with Gasteiger partial charge in [0.15, 0.2) is 0 Å². The number of pyridine rings is 1. The zero-order valence-corrected chi connectivity index (χ0v) is 26.9. The maximum absolute atomic E-state index is 14.4. The Morgan fingerprint density at radius 1 is 1.05 bits per heavy atom. The molecule has 0 bridgehead atoms. The number of halogens is 3. The highest BCUT2D eigenvalue weighted by molar-refractivity contribution is 9.10. The van der Waals surface area contributed by atoms with Gasteiger partial charge in [0.25, 0.3) is 10.9 Å². The summed E-state index contributed by atoms with van der Waals surface area (Å²) in [5.41, 5.74) is 1.47. The van der Waals surface area contributed by atoms with Crippen LogP contribution in [0.25, 0.3) is 0 Å². The van der Waals surface area contributed by atoms with E-state index in [9.17, 15) is 14.0 Å². The van der Waals surface area contributed by atoms with E-state index in [-0.39, 0.29) is 5.82 Å². The number of nitrogens with one attached hydrogen (secondary N) is 2. The average Bonchev–Trinajstić information content (AvgIpc) is 3.83. The van der Waals surface area contributed by atoms with Crippen LogP contribution in [0.3, 0.4) is 0 Å². The van der Waals surface area contributed by atoms with Gasteiger partial charge in [0.1, 0.15) is 23.0 Å². The number of hydrogen-bond acceptors (Lipinski definition) is 8. The van der Waals surface area contributed by atoms with Crippen molar-refractivity contribution in [3.05, 3.63) is 77.3 Å². The van der Waals surface area contributed by atoms with Gasteiger partial charge >= 0.3 is 0 Å². The van der Waals surface area contributed by atoms with Crippen molar-refractivity contribution in [2.24, 2.45) is 0 Å². The zero-order chi connectivity index (χ0) is 30.1. The summed E-state index contributed by atoms with van der Waals surface area (Å²) in [4.78, 5) is 36.1. The van der Waals surface area contributed by atoms with E-state index in [1.54, 1.807) is 12.3 Å². The van der Waals surface area contributed by atoms with E-state index in [0.29, 0.717) is 47.6 Å². The lowest BCUT2D eigenvalue weighted by Gasteiger charge is -2.48. The minimum Gasteiger partial charge on any atom is -0.377 e. The number of rotatable bonds is 11. The summed E-state index contributed by atoms with van der Waals surface area (Å²) >= 11 is 10.1. The lowest BCUT2D eigenvalue weighted by molar-refractivity contribution is 0.0587. The molecule has 0 unspecified atom stereocenters. The van der Waals surface area contributed by atoms with Gasteiger partial charge in [0, 0.05) is 67.1 Å². The average molecular weight is 674 g/mol. The van der Waals surface area contributed by atoms with Crippen LogP contribution in [0.4, 0.5) is 21.6 Å². The molecule has 2 aliphatic heterocycles. The number of piperidine rings is 1. The van der Waals surface area contributed by atoms with Crippen molar-refractivity contribution in [1.82, 2.24) is 14.8 Å². The molecule has 3 aliphatic rings. The number of anilines is 3. The first-order chi connectivity index (χ1) is 20.8. The highest BCUT2D eigenvalue weighted by Crippen LogP contribution is 2.31. The molecule has 3 fully saturated rings. The molecule has 1 aromatic heterocycles. The quantitative estimate of drug-likeness (QED) is 0.263. The maximum Gasteiger partial charge on any atom is 0.253 e. The van der Waals surface area contributed by atoms with Crippen LogP contribution in [-0.2, 0) is 13.1 Å². The van der Waals surface area contributed by atoms with Gasteiger partial charge in [-0.1, -0.05) is 46.9 Å². The van der Waals surface area contributed by atoms with Crippen molar-refractivity contribution in [3.63, 3.8) is 0 Å². The minimum atomic E-state index is -0.470. The Kier molecular flexibility index (Phi) is 9.38. The van der Waals surface area contributed by atoms with Gasteiger partial charge in [0.05, 0.1) is 5.02 Å². The molecule has 0 radical (unpaired) electrons. The van der Waals surface area contributed by atoms with Gasteiger partial charge in [-0.15, -0.1) is 0 Å². The van der Waals surface area contributed by atoms with E-state index >= 15 is 0 Å². The fraction of sp³-hybridized carbons (Fsp3) is 0.531. The number of nitrogens with zero attached hydrogens (tertiary/aromatic N) is 4. The first-order valence-electron chi connectivity index (χ1n) is 15.5. The summed E-state index contributed by atoms with van der Waals surface area (Å²) in [6.07, 6.45) is 8.25. The summed E-state index contributed by atoms with van der Waals surface area (Å²) in [7, 11) is 0. The summed E-state index contributed by atoms with van der Waals surface area (Å²) < 4.78 is 15.2. The second-order valence-electron chi connectivity index (χ2n) is 12.2. The van der Waals surface area contributed by atoms with Gasteiger partial charge in [-0.3, -0.25) is 19.4 Å². The predicted octanol–water partition coefficient (Wildman–Crippen LogP) is 5.37. The van der Waals surface area contributed by atoms with Crippen molar-refractivity contribution < 1.29 is 4.39 Å². The SMILES string of the molecule is CCC[C@H]1CN(c2ncc(CNc3c(NC4CC4)c(=O)c3=O)cc2Cl)CCN1C1CCN(Cc2ccc(Br)cc2F)CC1. The number of hydrogen-bond donors (Lipinski definition) is 2. The van der Waals surface area contributed by atoms with Crippen molar-refractivity contribution in [3.8, 4) is 0 Å². The third kappa shape index (κ3) is 6.92. The smallest absolute Gasteiger partial charge is 0.253 e. The van der Waals surface area contributed by atoms with Crippen molar-refractivity contribution >= 4 is 44.7 Å². The molecule has 0 spiro atoms. The molecular formula is C32H39BrClFN6O2. The lowest BCUT2D eigenvalue weighted by atomic mass is 9.97. The Labute approximate surface area is 265 Å². The van der Waals surface area contributed by atoms with Gasteiger partial charge in [0.2, 0.25) is 0 Å². The van der Waals surface area contributed by atoms with Crippen LogP contribution in [0.2, 0.25) is 5.02 Å². The molecule has 1 aliphatic carbocycles. The van der Waals surface area contributed by atoms with Crippen LogP contribution in [0.1, 0.15) is 56.6 Å². The predicted molar refractivity (Wildman–Crippen MR) is 175 cm³/mol. The van der Waals surface area contributed by atoms with Crippen LogP contribution in [0.5, 0.6) is 0 Å². The number of aromatic nitrogens is 1. The fourth-order valence-electron chi connectivity index (χ4n) is 6.55. The minimum absolute atomic E-state index is 0.148. The molecule has 1 saturated carbocycles. The molecule has 3 aromatic rings. The molecule has 2 saturated heterocycles. The van der Waals surface area contributed by atoms with E-state index in [1.165, 1.54) is 0 Å². The molecule has 230 valence electrons. The highest BCUT2D eigenvalue weighted by atomic mass is 79.9. The third-order valence-corrected chi connectivity index (χ3v) is 9.84. The van der Waals surface area contributed by atoms with Gasteiger partial charge in [-0.25, -0.2) is 9.37 Å². The van der Waals surface area contributed by atoms with Crippen LogP contribution >= 0.6 is 27.5 Å². The Balaban J connectivity index is 1.04. The van der Waals surface area contributed by atoms with E-state index in [4.69, 9.17) is 16.6 Å². The first-order valence-corrected chi connectivity index (χ1v) is 16.6. The largest absolute Gasteiger partial charge is 0.377 e. The summed E-state index contributed by atoms with van der Waals surface area (Å²) in [6.45, 7) is 7.89. The summed E-state index contributed by atoms with van der Waals surface area (Å²) in [5, 5.41) is 6.87. The lowest BCUT2D eigenvalue weighted by Crippen LogP contribution is -2.58. The van der Waals surface area contributed by atoms with E-state index in [1.807, 2.05) is 18.2 Å². The van der Waals surface area contributed by atoms with E-state index in [0.717, 1.165) is 92.7 Å². The Morgan fingerprint density at radius 3 is 2.51 bits per heavy atom. The Bertz CT molecular complexity index is 1520. The second kappa shape index (κ2) is 13.2. The maximum atomic E-state index is 14.4. The topological polar surface area (TPSA) is 80.8 Å². The number of benzene rings is 1. The van der Waals surface area contributed by atoms with Crippen LogP contribution in [0.15, 0.2) is 44.5 Å². The molecule has 3 heterocycles. The van der Waals surface area contributed by atoms with Gasteiger partial charge < -0.3 is 15.5 Å². The number of piperazine rings is 1. The van der Waals surface area contributed by atoms with Crippen LogP contribution in [0, 0.1) is 5.82 Å². The molecule has 8 nitrogen and oxygen atoms in total. The molecule has 6 rings (SSSR count). The fourth-order valence-corrected chi connectivity index (χ4v) is 7.19. The zero-order valence-electron chi connectivity index (χ0n) is 24.6. The molecule has 11 heteroatoms. The van der Waals surface area contributed by atoms with E-state index in [2.05, 4.69) is 48.2 Å². The number of likely N-dealkylation sites (tertiary alicyclic amines) is 1. The molecular weight excluding hydrogens is 635 g/mol. The summed E-state index contributed by atoms with van der Waals surface area (Å²) in [5.74, 6) is 0.646. The van der Waals surface area contributed by atoms with Crippen LogP contribution < -0.4 is 26.4 Å². The first kappa shape index (κ1) is 30.5. The van der Waals surface area contributed by atoms with Crippen molar-refractivity contribution in [1.29, 1.82) is 0 Å². The monoisotopic (exact) mass is 672 g/mol. The molecule has 43 heavy (non-hydrogen) atoms. The molecule has 2 N–H and O–H groups in total. The third-order valence-electron chi connectivity index (χ3n) is 9.07. The standard InChI is InChI=1S/C32H39BrClFN6O2/c1-2-3-25-19-40(12-13-41(25)24-8-10-39(11-9-24)18-21-4-5-22(33)15-27(21)35)32-26(34)14-20(17-37-32)16-36-28-29(31(43)30(28)42)38-23-6-7-23/h4-5,14-15,17,23-25,36,38H,2-3,6-13,16,18-19H2,1H3/t25-/m0/s1. The summed E-state index contributed by atoms with van der Waals surface area (Å²) in [6, 6.07) is 8.49. The Hall–Kier alpha value is -2.53. The second-order valence-corrected chi connectivity index (χ2v) is 13.5. The van der Waals surface area contributed by atoms with Crippen molar-refractivity contribution in [2.75, 3.05) is 48.3 Å². The van der Waals surface area contributed by atoms with Gasteiger partial charge in [-0.2, -0.15) is 0 Å². The Morgan fingerprint density at radius 2 is 1.81 bits per heavy atom. The molecule has 1 atom stereocenters. The highest BCUT2D eigenvalue weighted by Gasteiger charge is 2.34. The van der Waals surface area contributed by atoms with Gasteiger partial charge in [-0.05, 0) is 69.0 Å². The normalized spacial score (nSPS) is 20.6. The van der Waals surface area contributed by atoms with E-state index < -0.39 is 10.9 Å².